The molecule has 2 heterocycles. The van der Waals surface area contributed by atoms with Gasteiger partial charge in [0.05, 0.1) is 5.39 Å². The van der Waals surface area contributed by atoms with Crippen molar-refractivity contribution >= 4 is 16.9 Å². The fourth-order valence-electron chi connectivity index (χ4n) is 3.64. The third-order valence-corrected chi connectivity index (χ3v) is 5.20. The minimum Gasteiger partial charge on any atom is -0.508 e. The number of aromatic hydroxyl groups is 1. The molecule has 0 bridgehead atoms. The van der Waals surface area contributed by atoms with Gasteiger partial charge in [-0.25, -0.2) is 0 Å². The summed E-state index contributed by atoms with van der Waals surface area (Å²) < 4.78 is 6.11. The molecule has 1 amide bonds. The summed E-state index contributed by atoms with van der Waals surface area (Å²) in [7, 11) is 0. The van der Waals surface area contributed by atoms with Crippen molar-refractivity contribution in [2.75, 3.05) is 19.7 Å². The van der Waals surface area contributed by atoms with Crippen molar-refractivity contribution in [3.05, 3.63) is 38.7 Å². The zero-order chi connectivity index (χ0) is 18.3. The van der Waals surface area contributed by atoms with Gasteiger partial charge in [-0.05, 0) is 45.2 Å². The summed E-state index contributed by atoms with van der Waals surface area (Å²) in [5, 5.41) is 19.5. The number of hydrogen-bond donors (Lipinski definition) is 2. The molecule has 2 N–H and O–H groups in total. The molecule has 0 radical (unpaired) electrons. The Morgan fingerprint density at radius 2 is 1.88 bits per heavy atom. The van der Waals surface area contributed by atoms with Crippen LogP contribution in [-0.2, 0) is 4.79 Å². The summed E-state index contributed by atoms with van der Waals surface area (Å²) in [4.78, 5) is 26.1. The molecule has 6 heteroatoms. The van der Waals surface area contributed by atoms with Crippen molar-refractivity contribution in [3.63, 3.8) is 0 Å². The average Bonchev–Trinajstić information content (AvgIpc) is 2.61. The molecule has 0 unspecified atom stereocenters. The minimum atomic E-state index is -0.480. The Bertz CT molecular complexity index is 891. The minimum absolute atomic E-state index is 0.0434. The van der Waals surface area contributed by atoms with E-state index in [0.29, 0.717) is 59.4 Å². The normalized spacial score (nSPS) is 15.8. The Labute approximate surface area is 145 Å². The summed E-state index contributed by atoms with van der Waals surface area (Å²) in [5.74, 6) is 0.529. The lowest BCUT2D eigenvalue weighted by atomic mass is 9.90. The summed E-state index contributed by atoms with van der Waals surface area (Å²) in [6, 6.07) is 1.59. The van der Waals surface area contributed by atoms with Crippen molar-refractivity contribution < 1.29 is 19.4 Å². The number of aryl methyl sites for hydroxylation is 2. The first kappa shape index (κ1) is 17.5. The number of carbonyl (C=O) groups excluding carboxylic acids is 1. The summed E-state index contributed by atoms with van der Waals surface area (Å²) in [6.07, 6.45) is 1.36. The number of nitrogens with zero attached hydrogens (tertiary/aromatic N) is 1. The van der Waals surface area contributed by atoms with Gasteiger partial charge < -0.3 is 19.5 Å². The number of benzene rings is 1. The van der Waals surface area contributed by atoms with Crippen molar-refractivity contribution in [2.24, 2.45) is 0 Å². The fraction of sp³-hybridized carbons (Fsp3) is 0.474. The lowest BCUT2D eigenvalue weighted by Gasteiger charge is -2.31. The maximum Gasteiger partial charge on any atom is 0.248 e. The molecular weight excluding hydrogens is 322 g/mol. The van der Waals surface area contributed by atoms with E-state index >= 15 is 0 Å². The molecule has 0 aliphatic carbocycles. The summed E-state index contributed by atoms with van der Waals surface area (Å²) in [5.41, 5.74) is 2.23. The van der Waals surface area contributed by atoms with Gasteiger partial charge in [0.25, 0.3) is 0 Å². The van der Waals surface area contributed by atoms with E-state index in [4.69, 9.17) is 9.52 Å². The van der Waals surface area contributed by atoms with Gasteiger partial charge in [-0.3, -0.25) is 9.59 Å². The molecule has 0 atom stereocenters. The molecule has 25 heavy (non-hydrogen) atoms. The van der Waals surface area contributed by atoms with E-state index in [2.05, 4.69) is 0 Å². The highest BCUT2D eigenvalue weighted by molar-refractivity contribution is 5.85. The molecule has 2 aromatic rings. The Morgan fingerprint density at radius 1 is 1.24 bits per heavy atom. The number of aliphatic hydroxyl groups is 1. The number of rotatable bonds is 2. The number of phenols is 1. The van der Waals surface area contributed by atoms with Crippen LogP contribution in [0.3, 0.4) is 0 Å². The summed E-state index contributed by atoms with van der Waals surface area (Å²) >= 11 is 0. The van der Waals surface area contributed by atoms with Crippen LogP contribution in [0.2, 0.25) is 0 Å². The van der Waals surface area contributed by atoms with Gasteiger partial charge in [-0.1, -0.05) is 0 Å². The van der Waals surface area contributed by atoms with Crippen molar-refractivity contribution in [3.8, 4) is 5.75 Å². The number of likely N-dealkylation sites (tertiary alicyclic amines) is 1. The SMILES string of the molecule is Cc1c(C2CCN(C(=O)CO)CC2)oc2c(C)c(O)cc(C)c2c1=O. The second kappa shape index (κ2) is 6.52. The highest BCUT2D eigenvalue weighted by atomic mass is 16.3. The van der Waals surface area contributed by atoms with Gasteiger partial charge >= 0.3 is 0 Å². The van der Waals surface area contributed by atoms with Crippen LogP contribution >= 0.6 is 0 Å². The molecular formula is C19H23NO5. The summed E-state index contributed by atoms with van der Waals surface area (Å²) in [6.45, 7) is 5.88. The van der Waals surface area contributed by atoms with Crippen LogP contribution in [0.4, 0.5) is 0 Å². The third-order valence-electron chi connectivity index (χ3n) is 5.20. The first-order chi connectivity index (χ1) is 11.8. The van der Waals surface area contributed by atoms with Crippen LogP contribution in [0.1, 0.15) is 41.2 Å². The quantitative estimate of drug-likeness (QED) is 0.870. The third kappa shape index (κ3) is 2.91. The van der Waals surface area contributed by atoms with Gasteiger partial charge in [-0.15, -0.1) is 0 Å². The molecule has 1 aliphatic rings. The molecule has 1 fully saturated rings. The van der Waals surface area contributed by atoms with Crippen molar-refractivity contribution in [2.45, 2.75) is 39.5 Å². The Morgan fingerprint density at radius 3 is 2.48 bits per heavy atom. The molecule has 6 nitrogen and oxygen atoms in total. The van der Waals surface area contributed by atoms with E-state index < -0.39 is 6.61 Å². The molecule has 1 aromatic heterocycles. The second-order valence-electron chi connectivity index (χ2n) is 6.78. The molecule has 0 saturated carbocycles. The second-order valence-corrected chi connectivity index (χ2v) is 6.78. The van der Waals surface area contributed by atoms with E-state index in [1.165, 1.54) is 0 Å². The van der Waals surface area contributed by atoms with Gasteiger partial charge in [0.15, 0.2) is 5.43 Å². The van der Waals surface area contributed by atoms with E-state index in [1.54, 1.807) is 31.7 Å². The Kier molecular flexibility index (Phi) is 4.56. The van der Waals surface area contributed by atoms with E-state index in [0.717, 1.165) is 0 Å². The lowest BCUT2D eigenvalue weighted by molar-refractivity contribution is -0.135. The Hall–Kier alpha value is -2.34. The number of carbonyl (C=O) groups is 1. The molecule has 0 spiro atoms. The molecule has 1 aromatic carbocycles. The van der Waals surface area contributed by atoms with Crippen molar-refractivity contribution in [1.29, 1.82) is 0 Å². The maximum absolute atomic E-state index is 12.9. The fourth-order valence-corrected chi connectivity index (χ4v) is 3.64. The van der Waals surface area contributed by atoms with E-state index in [-0.39, 0.29) is 23.0 Å². The number of amides is 1. The molecule has 134 valence electrons. The number of phenolic OH excluding ortho intramolecular Hbond substituents is 1. The van der Waals surface area contributed by atoms with Crippen LogP contribution in [0, 0.1) is 20.8 Å². The smallest absolute Gasteiger partial charge is 0.248 e. The molecule has 1 saturated heterocycles. The molecule has 1 aliphatic heterocycles. The van der Waals surface area contributed by atoms with E-state index in [1.807, 2.05) is 0 Å². The Balaban J connectivity index is 2.04. The first-order valence-electron chi connectivity index (χ1n) is 8.50. The zero-order valence-electron chi connectivity index (χ0n) is 14.8. The van der Waals surface area contributed by atoms with Gasteiger partial charge in [0.1, 0.15) is 23.7 Å². The first-order valence-corrected chi connectivity index (χ1v) is 8.50. The average molecular weight is 345 g/mol. The zero-order valence-corrected chi connectivity index (χ0v) is 14.8. The van der Waals surface area contributed by atoms with Crippen molar-refractivity contribution in [1.82, 2.24) is 4.90 Å². The molecule has 3 rings (SSSR count). The van der Waals surface area contributed by atoms with Crippen LogP contribution < -0.4 is 5.43 Å². The predicted octanol–water partition coefficient (Wildman–Crippen LogP) is 2.12. The van der Waals surface area contributed by atoms with Gasteiger partial charge in [0, 0.05) is 30.1 Å². The topological polar surface area (TPSA) is 91.0 Å². The number of hydrogen-bond acceptors (Lipinski definition) is 5. The number of fused-ring (bicyclic) bond motifs is 1. The maximum atomic E-state index is 12.9. The lowest BCUT2D eigenvalue weighted by Crippen LogP contribution is -2.39. The highest BCUT2D eigenvalue weighted by Gasteiger charge is 2.28. The van der Waals surface area contributed by atoms with E-state index in [9.17, 15) is 14.7 Å². The van der Waals surface area contributed by atoms with Gasteiger partial charge in [-0.2, -0.15) is 0 Å². The monoisotopic (exact) mass is 345 g/mol. The van der Waals surface area contributed by atoms with Gasteiger partial charge in [0.2, 0.25) is 5.91 Å². The van der Waals surface area contributed by atoms with Crippen LogP contribution in [0.25, 0.3) is 11.0 Å². The highest BCUT2D eigenvalue weighted by Crippen LogP contribution is 2.34. The largest absolute Gasteiger partial charge is 0.508 e. The van der Waals surface area contributed by atoms with Crippen LogP contribution in [-0.4, -0.2) is 40.7 Å². The van der Waals surface area contributed by atoms with Crippen LogP contribution in [0.5, 0.6) is 5.75 Å². The number of piperidine rings is 1. The standard InChI is InChI=1S/C19H23NO5/c1-10-8-14(22)11(2)19-16(10)17(24)12(3)18(25-19)13-4-6-20(7-5-13)15(23)9-21/h8,13,21-22H,4-7,9H2,1-3H3. The number of aliphatic hydroxyl groups excluding tert-OH is 1. The predicted molar refractivity (Wildman–Crippen MR) is 94.0 cm³/mol. The van der Waals surface area contributed by atoms with Crippen LogP contribution in [0.15, 0.2) is 15.3 Å².